The fourth-order valence-corrected chi connectivity index (χ4v) is 2.81. The van der Waals surface area contributed by atoms with Gasteiger partial charge in [0, 0.05) is 17.1 Å². The van der Waals surface area contributed by atoms with Crippen LogP contribution in [0.5, 0.6) is 5.75 Å². The van der Waals surface area contributed by atoms with Crippen molar-refractivity contribution >= 4 is 11.6 Å². The molecule has 1 heterocycles. The highest BCUT2D eigenvalue weighted by Crippen LogP contribution is 2.36. The minimum Gasteiger partial charge on any atom is -0.496 e. The Morgan fingerprint density at radius 2 is 2.12 bits per heavy atom. The van der Waals surface area contributed by atoms with Gasteiger partial charge in [0.1, 0.15) is 5.75 Å². The van der Waals surface area contributed by atoms with Gasteiger partial charge in [0.05, 0.1) is 13.2 Å². The quantitative estimate of drug-likeness (QED) is 0.897. The minimum atomic E-state index is 0.168. The molecule has 17 heavy (non-hydrogen) atoms. The predicted molar refractivity (Wildman–Crippen MR) is 70.6 cm³/mol. The molecule has 0 spiro atoms. The van der Waals surface area contributed by atoms with Crippen molar-refractivity contribution < 1.29 is 4.74 Å². The first-order valence-corrected chi connectivity index (χ1v) is 6.42. The van der Waals surface area contributed by atoms with Crippen LogP contribution < -0.4 is 10.5 Å². The average molecular weight is 255 g/mol. The second-order valence-corrected chi connectivity index (χ2v) is 4.76. The highest BCUT2D eigenvalue weighted by atomic mass is 35.5. The van der Waals surface area contributed by atoms with Gasteiger partial charge < -0.3 is 10.5 Å². The van der Waals surface area contributed by atoms with Crippen molar-refractivity contribution in [3.63, 3.8) is 0 Å². The Balaban J connectivity index is 2.35. The van der Waals surface area contributed by atoms with Gasteiger partial charge in [0.25, 0.3) is 0 Å². The number of rotatable bonds is 4. The van der Waals surface area contributed by atoms with E-state index in [1.165, 1.54) is 12.8 Å². The highest BCUT2D eigenvalue weighted by molar-refractivity contribution is 6.31. The molecule has 1 aromatic rings. The predicted octanol–water partition coefficient (Wildman–Crippen LogP) is 2.44. The topological polar surface area (TPSA) is 38.5 Å². The zero-order valence-electron chi connectivity index (χ0n) is 10.2. The fourth-order valence-electron chi connectivity index (χ4n) is 2.52. The van der Waals surface area contributed by atoms with Crippen LogP contribution in [0.3, 0.4) is 0 Å². The summed E-state index contributed by atoms with van der Waals surface area (Å²) in [5.74, 6) is 0.833. The number of benzene rings is 1. The number of nitrogens with two attached hydrogens (primary N) is 1. The van der Waals surface area contributed by atoms with E-state index in [4.69, 9.17) is 22.1 Å². The monoisotopic (exact) mass is 254 g/mol. The molecule has 0 bridgehead atoms. The van der Waals surface area contributed by atoms with Crippen LogP contribution in [-0.2, 0) is 0 Å². The summed E-state index contributed by atoms with van der Waals surface area (Å²) in [5.41, 5.74) is 6.95. The summed E-state index contributed by atoms with van der Waals surface area (Å²) in [4.78, 5) is 2.39. The third kappa shape index (κ3) is 2.57. The van der Waals surface area contributed by atoms with Crippen LogP contribution in [0.2, 0.25) is 5.02 Å². The maximum atomic E-state index is 6.30. The molecule has 0 aromatic heterocycles. The SMILES string of the molecule is COc1cccc(Cl)c1C(CN)N1CCCC1. The van der Waals surface area contributed by atoms with E-state index in [1.807, 2.05) is 18.2 Å². The van der Waals surface area contributed by atoms with Crippen molar-refractivity contribution in [1.29, 1.82) is 0 Å². The highest BCUT2D eigenvalue weighted by Gasteiger charge is 2.26. The van der Waals surface area contributed by atoms with Gasteiger partial charge in [-0.2, -0.15) is 0 Å². The number of likely N-dealkylation sites (tertiary alicyclic amines) is 1. The van der Waals surface area contributed by atoms with E-state index in [0.717, 1.165) is 29.4 Å². The molecule has 1 aliphatic rings. The molecule has 3 nitrogen and oxygen atoms in total. The number of halogens is 1. The maximum absolute atomic E-state index is 6.30. The van der Waals surface area contributed by atoms with Crippen LogP contribution >= 0.6 is 11.6 Å². The molecule has 1 fully saturated rings. The first kappa shape index (κ1) is 12.7. The summed E-state index contributed by atoms with van der Waals surface area (Å²) in [5, 5.41) is 0.742. The minimum absolute atomic E-state index is 0.168. The van der Waals surface area contributed by atoms with E-state index in [0.29, 0.717) is 6.54 Å². The van der Waals surface area contributed by atoms with Crippen molar-refractivity contribution in [3.8, 4) is 5.75 Å². The van der Waals surface area contributed by atoms with E-state index in [2.05, 4.69) is 4.90 Å². The van der Waals surface area contributed by atoms with Gasteiger partial charge in [-0.15, -0.1) is 0 Å². The summed E-state index contributed by atoms with van der Waals surface area (Å²) in [6.07, 6.45) is 2.48. The Bertz CT molecular complexity index is 378. The molecule has 1 unspecified atom stereocenters. The lowest BCUT2D eigenvalue weighted by Crippen LogP contribution is -2.31. The van der Waals surface area contributed by atoms with Crippen LogP contribution in [-0.4, -0.2) is 31.6 Å². The van der Waals surface area contributed by atoms with Crippen molar-refractivity contribution in [1.82, 2.24) is 4.90 Å². The van der Waals surface area contributed by atoms with Crippen molar-refractivity contribution in [3.05, 3.63) is 28.8 Å². The van der Waals surface area contributed by atoms with Crippen LogP contribution in [0.4, 0.5) is 0 Å². The third-order valence-corrected chi connectivity index (χ3v) is 3.70. The lowest BCUT2D eigenvalue weighted by Gasteiger charge is -2.28. The zero-order valence-corrected chi connectivity index (χ0v) is 10.9. The summed E-state index contributed by atoms with van der Waals surface area (Å²) in [6.45, 7) is 2.76. The van der Waals surface area contributed by atoms with Gasteiger partial charge in [0.15, 0.2) is 0 Å². The molecule has 0 aliphatic carbocycles. The zero-order chi connectivity index (χ0) is 12.3. The average Bonchev–Trinajstić information content (AvgIpc) is 2.86. The number of ether oxygens (including phenoxy) is 1. The fraction of sp³-hybridized carbons (Fsp3) is 0.538. The van der Waals surface area contributed by atoms with Gasteiger partial charge in [-0.05, 0) is 38.1 Å². The molecule has 0 amide bonds. The number of nitrogens with zero attached hydrogens (tertiary/aromatic N) is 1. The molecule has 4 heteroatoms. The van der Waals surface area contributed by atoms with Gasteiger partial charge in [-0.1, -0.05) is 17.7 Å². The van der Waals surface area contributed by atoms with Crippen LogP contribution in [0, 0.1) is 0 Å². The lowest BCUT2D eigenvalue weighted by atomic mass is 10.0. The van der Waals surface area contributed by atoms with Gasteiger partial charge >= 0.3 is 0 Å². The first-order chi connectivity index (χ1) is 8.27. The van der Waals surface area contributed by atoms with Gasteiger partial charge in [-0.3, -0.25) is 4.90 Å². The van der Waals surface area contributed by atoms with Gasteiger partial charge in [-0.25, -0.2) is 0 Å². The Morgan fingerprint density at radius 3 is 2.71 bits per heavy atom. The maximum Gasteiger partial charge on any atom is 0.125 e. The summed E-state index contributed by atoms with van der Waals surface area (Å²) >= 11 is 6.30. The molecule has 1 aromatic carbocycles. The van der Waals surface area contributed by atoms with Crippen molar-refractivity contribution in [2.24, 2.45) is 5.73 Å². The van der Waals surface area contributed by atoms with E-state index in [1.54, 1.807) is 7.11 Å². The van der Waals surface area contributed by atoms with Gasteiger partial charge in [0.2, 0.25) is 0 Å². The Morgan fingerprint density at radius 1 is 1.41 bits per heavy atom. The smallest absolute Gasteiger partial charge is 0.125 e. The molecule has 1 atom stereocenters. The molecule has 94 valence electrons. The largest absolute Gasteiger partial charge is 0.496 e. The molecule has 2 rings (SSSR count). The molecule has 2 N–H and O–H groups in total. The third-order valence-electron chi connectivity index (χ3n) is 3.37. The van der Waals surface area contributed by atoms with Crippen LogP contribution in [0.15, 0.2) is 18.2 Å². The number of hydrogen-bond acceptors (Lipinski definition) is 3. The van der Waals surface area contributed by atoms with E-state index in [-0.39, 0.29) is 6.04 Å². The standard InChI is InChI=1S/C13H19ClN2O/c1-17-12-6-4-5-10(14)13(12)11(9-15)16-7-2-3-8-16/h4-6,11H,2-3,7-9,15H2,1H3. The van der Waals surface area contributed by atoms with E-state index >= 15 is 0 Å². The normalized spacial score (nSPS) is 18.3. The molecule has 1 aliphatic heterocycles. The molecule has 1 saturated heterocycles. The van der Waals surface area contributed by atoms with Crippen molar-refractivity contribution in [2.45, 2.75) is 18.9 Å². The Hall–Kier alpha value is -0.770. The molecule has 0 radical (unpaired) electrons. The van der Waals surface area contributed by atoms with Crippen LogP contribution in [0.25, 0.3) is 0 Å². The summed E-state index contributed by atoms with van der Waals surface area (Å²) < 4.78 is 5.40. The van der Waals surface area contributed by atoms with E-state index in [9.17, 15) is 0 Å². The van der Waals surface area contributed by atoms with Crippen molar-refractivity contribution in [2.75, 3.05) is 26.7 Å². The molecule has 0 saturated carbocycles. The molecular weight excluding hydrogens is 236 g/mol. The summed E-state index contributed by atoms with van der Waals surface area (Å²) in [6, 6.07) is 5.92. The first-order valence-electron chi connectivity index (χ1n) is 6.04. The lowest BCUT2D eigenvalue weighted by molar-refractivity contribution is 0.245. The number of hydrogen-bond donors (Lipinski definition) is 1. The van der Waals surface area contributed by atoms with Crippen LogP contribution in [0.1, 0.15) is 24.4 Å². The molecular formula is C13H19ClN2O. The van der Waals surface area contributed by atoms with E-state index < -0.39 is 0 Å². The Kier molecular flexibility index (Phi) is 4.26. The second kappa shape index (κ2) is 5.71. The summed E-state index contributed by atoms with van der Waals surface area (Å²) in [7, 11) is 1.67. The second-order valence-electron chi connectivity index (χ2n) is 4.35. The Labute approximate surface area is 107 Å². The number of methoxy groups -OCH3 is 1.